The van der Waals surface area contributed by atoms with E-state index in [0.717, 1.165) is 10.9 Å². The lowest BCUT2D eigenvalue weighted by atomic mass is 10.1. The fraction of sp³-hybridized carbons (Fsp3) is 0.312. The van der Waals surface area contributed by atoms with Gasteiger partial charge in [-0.3, -0.25) is 4.68 Å². The Bertz CT molecular complexity index is 855. The highest BCUT2D eigenvalue weighted by atomic mass is 32.1. The van der Waals surface area contributed by atoms with Gasteiger partial charge in [-0.25, -0.2) is 9.97 Å². The van der Waals surface area contributed by atoms with Crippen LogP contribution in [0.25, 0.3) is 11.3 Å². The molecule has 0 aliphatic heterocycles. The molecule has 132 valence electrons. The van der Waals surface area contributed by atoms with Crippen LogP contribution in [-0.4, -0.2) is 19.7 Å². The third-order valence-electron chi connectivity index (χ3n) is 3.56. The maximum atomic E-state index is 13.2. The topological polar surface area (TPSA) is 55.6 Å². The highest BCUT2D eigenvalue weighted by Crippen LogP contribution is 2.32. The van der Waals surface area contributed by atoms with Crippen LogP contribution in [0.1, 0.15) is 23.2 Å². The van der Waals surface area contributed by atoms with Crippen LogP contribution < -0.4 is 5.32 Å². The summed E-state index contributed by atoms with van der Waals surface area (Å²) in [5, 5.41) is 9.04. The van der Waals surface area contributed by atoms with Gasteiger partial charge in [0.1, 0.15) is 0 Å². The summed E-state index contributed by atoms with van der Waals surface area (Å²) in [4.78, 5) is 8.85. The lowest BCUT2D eigenvalue weighted by Crippen LogP contribution is -2.12. The predicted molar refractivity (Wildman–Crippen MR) is 90.3 cm³/mol. The van der Waals surface area contributed by atoms with E-state index < -0.39 is 11.9 Å². The van der Waals surface area contributed by atoms with Crippen molar-refractivity contribution >= 4 is 17.3 Å². The molecule has 0 amide bonds. The molecule has 3 heterocycles. The molecule has 0 aliphatic carbocycles. The molecule has 0 unspecified atom stereocenters. The van der Waals surface area contributed by atoms with Gasteiger partial charge >= 0.3 is 6.18 Å². The van der Waals surface area contributed by atoms with Crippen molar-refractivity contribution in [3.63, 3.8) is 0 Å². The quantitative estimate of drug-likeness (QED) is 0.728. The Balaban J connectivity index is 1.98. The Labute approximate surface area is 146 Å². The number of thiophene rings is 1. The monoisotopic (exact) mass is 367 g/mol. The van der Waals surface area contributed by atoms with Crippen LogP contribution in [0.2, 0.25) is 0 Å². The standard InChI is InChI=1S/C16H16F3N5S/c1-3-24-9-12(10(2)23-24)13-7-14(16(17,18)19)22-15(21-13)20-8-11-5-4-6-25-11/h4-7,9H,3,8H2,1-2H3,(H,20,21,22). The Kier molecular flexibility index (Phi) is 4.76. The fourth-order valence-corrected chi connectivity index (χ4v) is 2.96. The second-order valence-corrected chi connectivity index (χ2v) is 6.41. The van der Waals surface area contributed by atoms with E-state index in [9.17, 15) is 13.2 Å². The van der Waals surface area contributed by atoms with Gasteiger partial charge in [-0.2, -0.15) is 18.3 Å². The summed E-state index contributed by atoms with van der Waals surface area (Å²) in [7, 11) is 0. The Morgan fingerprint density at radius 1 is 1.28 bits per heavy atom. The molecule has 0 atom stereocenters. The number of aryl methyl sites for hydroxylation is 2. The minimum atomic E-state index is -4.55. The van der Waals surface area contributed by atoms with Crippen LogP contribution in [0.5, 0.6) is 0 Å². The van der Waals surface area contributed by atoms with Crippen LogP contribution in [0.3, 0.4) is 0 Å². The van der Waals surface area contributed by atoms with Gasteiger partial charge in [0.05, 0.1) is 17.9 Å². The first-order chi connectivity index (χ1) is 11.9. The number of hydrogen-bond acceptors (Lipinski definition) is 5. The number of nitrogens with one attached hydrogen (secondary N) is 1. The van der Waals surface area contributed by atoms with Gasteiger partial charge in [-0.15, -0.1) is 11.3 Å². The fourth-order valence-electron chi connectivity index (χ4n) is 2.32. The van der Waals surface area contributed by atoms with Crippen LogP contribution >= 0.6 is 11.3 Å². The van der Waals surface area contributed by atoms with Crippen LogP contribution in [0.4, 0.5) is 19.1 Å². The van der Waals surface area contributed by atoms with Gasteiger partial charge in [0.2, 0.25) is 5.95 Å². The molecule has 0 saturated carbocycles. The van der Waals surface area contributed by atoms with Gasteiger partial charge < -0.3 is 5.32 Å². The number of halogens is 3. The molecule has 0 saturated heterocycles. The minimum absolute atomic E-state index is 0.0538. The van der Waals surface area contributed by atoms with Crippen molar-refractivity contribution in [3.8, 4) is 11.3 Å². The zero-order valence-corrected chi connectivity index (χ0v) is 14.4. The molecule has 3 rings (SSSR count). The first-order valence-corrected chi connectivity index (χ1v) is 8.51. The molecule has 3 aromatic rings. The first-order valence-electron chi connectivity index (χ1n) is 7.63. The maximum Gasteiger partial charge on any atom is 0.433 e. The smallest absolute Gasteiger partial charge is 0.349 e. The zero-order valence-electron chi connectivity index (χ0n) is 13.6. The molecule has 0 aromatic carbocycles. The lowest BCUT2D eigenvalue weighted by molar-refractivity contribution is -0.141. The molecule has 5 nitrogen and oxygen atoms in total. The van der Waals surface area contributed by atoms with Crippen molar-refractivity contribution in [2.75, 3.05) is 5.32 Å². The molecular weight excluding hydrogens is 351 g/mol. The number of nitrogens with zero attached hydrogens (tertiary/aromatic N) is 4. The van der Waals surface area contributed by atoms with Crippen molar-refractivity contribution in [2.45, 2.75) is 33.1 Å². The average Bonchev–Trinajstić information content (AvgIpc) is 3.21. The molecule has 9 heteroatoms. The highest BCUT2D eigenvalue weighted by Gasteiger charge is 2.34. The van der Waals surface area contributed by atoms with E-state index >= 15 is 0 Å². The third-order valence-corrected chi connectivity index (χ3v) is 4.44. The lowest BCUT2D eigenvalue weighted by Gasteiger charge is -2.11. The Morgan fingerprint density at radius 2 is 2.08 bits per heavy atom. The van der Waals surface area contributed by atoms with Gasteiger partial charge in [0.15, 0.2) is 5.69 Å². The van der Waals surface area contributed by atoms with Crippen molar-refractivity contribution in [1.82, 2.24) is 19.7 Å². The first kappa shape index (κ1) is 17.4. The number of aromatic nitrogens is 4. The second kappa shape index (κ2) is 6.83. The van der Waals surface area contributed by atoms with E-state index in [0.29, 0.717) is 24.3 Å². The van der Waals surface area contributed by atoms with Crippen molar-refractivity contribution < 1.29 is 13.2 Å². The average molecular weight is 367 g/mol. The normalized spacial score (nSPS) is 11.7. The van der Waals surface area contributed by atoms with Gasteiger partial charge in [-0.05, 0) is 31.4 Å². The second-order valence-electron chi connectivity index (χ2n) is 5.38. The molecule has 0 radical (unpaired) electrons. The molecular formula is C16H16F3N5S. The summed E-state index contributed by atoms with van der Waals surface area (Å²) in [6.45, 7) is 4.65. The molecule has 0 aliphatic rings. The number of anilines is 1. The summed E-state index contributed by atoms with van der Waals surface area (Å²) < 4.78 is 41.3. The number of hydrogen-bond donors (Lipinski definition) is 1. The molecule has 0 fully saturated rings. The van der Waals surface area contributed by atoms with E-state index in [4.69, 9.17) is 0 Å². The van der Waals surface area contributed by atoms with Gasteiger partial charge in [0.25, 0.3) is 0 Å². The van der Waals surface area contributed by atoms with Crippen LogP contribution in [0.15, 0.2) is 29.8 Å². The SMILES string of the molecule is CCn1cc(-c2cc(C(F)(F)F)nc(NCc3cccs3)n2)c(C)n1. The maximum absolute atomic E-state index is 13.2. The van der Waals surface area contributed by atoms with Gasteiger partial charge in [0, 0.05) is 23.2 Å². The number of rotatable bonds is 5. The van der Waals surface area contributed by atoms with Crippen LogP contribution in [-0.2, 0) is 19.3 Å². The van der Waals surface area contributed by atoms with Gasteiger partial charge in [-0.1, -0.05) is 6.07 Å². The summed E-state index contributed by atoms with van der Waals surface area (Å²) in [6.07, 6.45) is -2.85. The molecule has 1 N–H and O–H groups in total. The molecule has 3 aromatic heterocycles. The summed E-state index contributed by atoms with van der Waals surface area (Å²) in [6, 6.07) is 4.73. The van der Waals surface area contributed by atoms with Crippen LogP contribution in [0, 0.1) is 6.92 Å². The van der Waals surface area contributed by atoms with Crippen molar-refractivity contribution in [2.24, 2.45) is 0 Å². The minimum Gasteiger partial charge on any atom is -0.349 e. The Hall–Kier alpha value is -2.42. The zero-order chi connectivity index (χ0) is 18.0. The molecule has 0 spiro atoms. The summed E-state index contributed by atoms with van der Waals surface area (Å²) in [5.74, 6) is -0.0538. The summed E-state index contributed by atoms with van der Waals surface area (Å²) >= 11 is 1.51. The summed E-state index contributed by atoms with van der Waals surface area (Å²) in [5.41, 5.74) is 0.412. The van der Waals surface area contributed by atoms with E-state index in [-0.39, 0.29) is 11.6 Å². The van der Waals surface area contributed by atoms with E-state index in [1.807, 2.05) is 24.4 Å². The largest absolute Gasteiger partial charge is 0.433 e. The predicted octanol–water partition coefficient (Wildman–Crippen LogP) is 4.36. The third kappa shape index (κ3) is 3.98. The number of alkyl halides is 3. The van der Waals surface area contributed by atoms with Crippen molar-refractivity contribution in [3.05, 3.63) is 46.0 Å². The van der Waals surface area contributed by atoms with Crippen molar-refractivity contribution in [1.29, 1.82) is 0 Å². The molecule has 0 bridgehead atoms. The van der Waals surface area contributed by atoms with E-state index in [1.165, 1.54) is 11.3 Å². The molecule has 25 heavy (non-hydrogen) atoms. The van der Waals surface area contributed by atoms with E-state index in [1.54, 1.807) is 17.8 Å². The Morgan fingerprint density at radius 3 is 2.68 bits per heavy atom. The van der Waals surface area contributed by atoms with E-state index in [2.05, 4.69) is 20.4 Å². The highest BCUT2D eigenvalue weighted by molar-refractivity contribution is 7.09.